The van der Waals surface area contributed by atoms with Gasteiger partial charge in [0.25, 0.3) is 0 Å². The molecule has 86 valence electrons. The minimum atomic E-state index is 0.785. The van der Waals surface area contributed by atoms with E-state index in [9.17, 15) is 0 Å². The molecule has 2 fully saturated rings. The Bertz CT molecular complexity index is 217. The zero-order valence-corrected chi connectivity index (χ0v) is 10.2. The number of piperidine rings is 1. The van der Waals surface area contributed by atoms with Gasteiger partial charge in [0.15, 0.2) is 0 Å². The fraction of sp³-hybridized carbons (Fsp3) is 0.846. The molecule has 0 spiro atoms. The summed E-state index contributed by atoms with van der Waals surface area (Å²) in [5.41, 5.74) is 0. The molecule has 2 aliphatic rings. The Labute approximate surface area is 93.9 Å². The van der Waals surface area contributed by atoms with Gasteiger partial charge in [0.1, 0.15) is 0 Å². The van der Waals surface area contributed by atoms with Crippen molar-refractivity contribution >= 4 is 0 Å². The summed E-state index contributed by atoms with van der Waals surface area (Å²) in [7, 11) is 0. The molecule has 15 heavy (non-hydrogen) atoms. The van der Waals surface area contributed by atoms with Crippen molar-refractivity contribution in [3.63, 3.8) is 0 Å². The summed E-state index contributed by atoms with van der Waals surface area (Å²) < 4.78 is 0. The molecule has 0 aromatic rings. The predicted octanol–water partition coefficient (Wildman–Crippen LogP) is 2.18. The third-order valence-electron chi connectivity index (χ3n) is 3.87. The molecule has 2 aliphatic heterocycles. The molecule has 2 saturated heterocycles. The highest BCUT2D eigenvalue weighted by Crippen LogP contribution is 2.26. The summed E-state index contributed by atoms with van der Waals surface area (Å²) in [6, 6.07) is 0.785. The van der Waals surface area contributed by atoms with Gasteiger partial charge in [-0.3, -0.25) is 4.90 Å². The summed E-state index contributed by atoms with van der Waals surface area (Å²) in [5, 5.41) is 0. The predicted molar refractivity (Wildman–Crippen MR) is 64.7 cm³/mol. The van der Waals surface area contributed by atoms with E-state index in [1.54, 1.807) is 0 Å². The first-order valence-corrected chi connectivity index (χ1v) is 6.29. The van der Waals surface area contributed by atoms with E-state index in [4.69, 9.17) is 0 Å². The second kappa shape index (κ2) is 4.56. The molecular weight excluding hydrogens is 184 g/mol. The Morgan fingerprint density at radius 2 is 1.80 bits per heavy atom. The topological polar surface area (TPSA) is 6.48 Å². The molecule has 3 unspecified atom stereocenters. The van der Waals surface area contributed by atoms with Gasteiger partial charge in [-0.25, -0.2) is 0 Å². The fourth-order valence-electron chi connectivity index (χ4n) is 3.24. The van der Waals surface area contributed by atoms with Gasteiger partial charge in [0, 0.05) is 32.2 Å². The molecule has 2 heterocycles. The molecule has 2 rings (SSSR count). The lowest BCUT2D eigenvalue weighted by atomic mass is 9.91. The first kappa shape index (κ1) is 11.0. The lowest BCUT2D eigenvalue weighted by Crippen LogP contribution is -2.45. The van der Waals surface area contributed by atoms with Crippen LogP contribution in [0.5, 0.6) is 0 Å². The van der Waals surface area contributed by atoms with Crippen molar-refractivity contribution in [1.82, 2.24) is 9.80 Å². The average molecular weight is 208 g/mol. The van der Waals surface area contributed by atoms with Crippen LogP contribution in [-0.2, 0) is 0 Å². The molecule has 0 amide bonds. The van der Waals surface area contributed by atoms with E-state index in [1.807, 2.05) is 6.20 Å². The third kappa shape index (κ3) is 2.54. The Morgan fingerprint density at radius 1 is 1.13 bits per heavy atom. The van der Waals surface area contributed by atoms with Crippen LogP contribution >= 0.6 is 0 Å². The minimum absolute atomic E-state index is 0.785. The third-order valence-corrected chi connectivity index (χ3v) is 3.87. The van der Waals surface area contributed by atoms with Gasteiger partial charge in [0.05, 0.1) is 0 Å². The van der Waals surface area contributed by atoms with Crippen molar-refractivity contribution < 1.29 is 0 Å². The molecule has 0 aromatic carbocycles. The standard InChI is InChI=1S/C13H24N2/c1-4-14-6-5-13(10-14)15-8-11(2)7-12(3)9-15/h4,11-13H,1,5-10H2,2-3H3. The summed E-state index contributed by atoms with van der Waals surface area (Å²) in [4.78, 5) is 5.07. The number of rotatable bonds is 2. The number of hydrogen-bond acceptors (Lipinski definition) is 2. The molecule has 0 saturated carbocycles. The first-order chi connectivity index (χ1) is 7.19. The van der Waals surface area contributed by atoms with Crippen LogP contribution in [0.2, 0.25) is 0 Å². The van der Waals surface area contributed by atoms with Crippen molar-refractivity contribution in [2.24, 2.45) is 11.8 Å². The summed E-state index contributed by atoms with van der Waals surface area (Å²) in [6.07, 6.45) is 4.73. The van der Waals surface area contributed by atoms with E-state index >= 15 is 0 Å². The molecule has 2 nitrogen and oxygen atoms in total. The highest BCUT2D eigenvalue weighted by molar-refractivity contribution is 4.90. The van der Waals surface area contributed by atoms with E-state index in [-0.39, 0.29) is 0 Å². The molecule has 0 aliphatic carbocycles. The Hall–Kier alpha value is -0.500. The Kier molecular flexibility index (Phi) is 3.35. The van der Waals surface area contributed by atoms with Crippen LogP contribution in [-0.4, -0.2) is 42.0 Å². The van der Waals surface area contributed by atoms with Crippen molar-refractivity contribution in [2.75, 3.05) is 26.2 Å². The SMILES string of the molecule is C=CN1CCC(N2CC(C)CC(C)C2)C1. The highest BCUT2D eigenvalue weighted by Gasteiger charge is 2.30. The minimum Gasteiger partial charge on any atom is -0.376 e. The fourth-order valence-corrected chi connectivity index (χ4v) is 3.24. The van der Waals surface area contributed by atoms with E-state index in [0.717, 1.165) is 17.9 Å². The molecule has 0 bridgehead atoms. The van der Waals surface area contributed by atoms with Crippen molar-refractivity contribution in [1.29, 1.82) is 0 Å². The van der Waals surface area contributed by atoms with Crippen LogP contribution in [0.3, 0.4) is 0 Å². The maximum Gasteiger partial charge on any atom is 0.0329 e. The van der Waals surface area contributed by atoms with Crippen LogP contribution in [0.1, 0.15) is 26.7 Å². The maximum atomic E-state index is 3.86. The highest BCUT2D eigenvalue weighted by atomic mass is 15.2. The molecule has 0 radical (unpaired) electrons. The van der Waals surface area contributed by atoms with E-state index in [1.165, 1.54) is 39.0 Å². The zero-order valence-electron chi connectivity index (χ0n) is 10.2. The number of hydrogen-bond donors (Lipinski definition) is 0. The monoisotopic (exact) mass is 208 g/mol. The summed E-state index contributed by atoms with van der Waals surface area (Å²) >= 11 is 0. The molecular formula is C13H24N2. The lowest BCUT2D eigenvalue weighted by Gasteiger charge is -2.38. The van der Waals surface area contributed by atoms with Crippen LogP contribution in [0.25, 0.3) is 0 Å². The first-order valence-electron chi connectivity index (χ1n) is 6.29. The van der Waals surface area contributed by atoms with Gasteiger partial charge in [-0.05, 0) is 30.9 Å². The smallest absolute Gasteiger partial charge is 0.0329 e. The van der Waals surface area contributed by atoms with E-state index < -0.39 is 0 Å². The Morgan fingerprint density at radius 3 is 2.33 bits per heavy atom. The van der Waals surface area contributed by atoms with Crippen LogP contribution in [0.4, 0.5) is 0 Å². The van der Waals surface area contributed by atoms with Crippen LogP contribution in [0, 0.1) is 11.8 Å². The van der Waals surface area contributed by atoms with Crippen molar-refractivity contribution in [3.8, 4) is 0 Å². The van der Waals surface area contributed by atoms with Gasteiger partial charge < -0.3 is 4.90 Å². The van der Waals surface area contributed by atoms with Gasteiger partial charge in [0.2, 0.25) is 0 Å². The van der Waals surface area contributed by atoms with Gasteiger partial charge >= 0.3 is 0 Å². The van der Waals surface area contributed by atoms with E-state index in [0.29, 0.717) is 0 Å². The maximum absolute atomic E-state index is 3.86. The van der Waals surface area contributed by atoms with E-state index in [2.05, 4.69) is 30.2 Å². The van der Waals surface area contributed by atoms with Gasteiger partial charge in [-0.15, -0.1) is 0 Å². The normalized spacial score (nSPS) is 38.3. The molecule has 2 heteroatoms. The van der Waals surface area contributed by atoms with Crippen molar-refractivity contribution in [2.45, 2.75) is 32.7 Å². The number of nitrogens with zero attached hydrogens (tertiary/aromatic N) is 2. The quantitative estimate of drug-likeness (QED) is 0.686. The van der Waals surface area contributed by atoms with Crippen LogP contribution in [0.15, 0.2) is 12.8 Å². The molecule has 0 aromatic heterocycles. The lowest BCUT2D eigenvalue weighted by molar-refractivity contribution is 0.0998. The van der Waals surface area contributed by atoms with Crippen molar-refractivity contribution in [3.05, 3.63) is 12.8 Å². The molecule has 0 N–H and O–H groups in total. The second-order valence-corrected chi connectivity index (χ2v) is 5.52. The van der Waals surface area contributed by atoms with Crippen LogP contribution < -0.4 is 0 Å². The Balaban J connectivity index is 1.90. The zero-order chi connectivity index (χ0) is 10.8. The van der Waals surface area contributed by atoms with Gasteiger partial charge in [-0.1, -0.05) is 20.4 Å². The second-order valence-electron chi connectivity index (χ2n) is 5.52. The summed E-state index contributed by atoms with van der Waals surface area (Å²) in [6.45, 7) is 13.7. The summed E-state index contributed by atoms with van der Waals surface area (Å²) in [5.74, 6) is 1.76. The largest absolute Gasteiger partial charge is 0.376 e. The average Bonchev–Trinajstić information content (AvgIpc) is 2.64. The number of likely N-dealkylation sites (tertiary alicyclic amines) is 2. The van der Waals surface area contributed by atoms with Gasteiger partial charge in [-0.2, -0.15) is 0 Å². The molecule has 3 atom stereocenters.